The largest absolute Gasteiger partial charge is 0.375 e. The van der Waals surface area contributed by atoms with Crippen LogP contribution in [-0.4, -0.2) is 71.1 Å². The third-order valence-electron chi connectivity index (χ3n) is 5.67. The van der Waals surface area contributed by atoms with Crippen LogP contribution in [0.5, 0.6) is 0 Å². The quantitative estimate of drug-likeness (QED) is 0.802. The van der Waals surface area contributed by atoms with Crippen LogP contribution in [0.4, 0.5) is 16.2 Å². The summed E-state index contributed by atoms with van der Waals surface area (Å²) in [6, 6.07) is 0. The summed E-state index contributed by atoms with van der Waals surface area (Å²) in [5, 5.41) is 2.74. The minimum Gasteiger partial charge on any atom is -0.375 e. The smallest absolute Gasteiger partial charge is 0.249 e. The molecular formula is C18H24FN7O2. The van der Waals surface area contributed by atoms with Gasteiger partial charge in [-0.3, -0.25) is 4.79 Å². The van der Waals surface area contributed by atoms with Gasteiger partial charge >= 0.3 is 0 Å². The molecule has 2 aromatic rings. The number of anilines is 2. The number of fused-ring (bicyclic) bond motifs is 2. The number of rotatable bonds is 4. The third-order valence-corrected chi connectivity index (χ3v) is 5.67. The summed E-state index contributed by atoms with van der Waals surface area (Å²) in [5.41, 5.74) is 1.56. The summed E-state index contributed by atoms with van der Waals surface area (Å²) in [5.74, 6) is 0.146. The second-order valence-electron chi connectivity index (χ2n) is 7.09. The average Bonchev–Trinajstić information content (AvgIpc) is 3.20. The molecule has 0 saturated carbocycles. The van der Waals surface area contributed by atoms with Gasteiger partial charge in [-0.1, -0.05) is 0 Å². The number of carbonyl (C=O) groups excluding carboxylic acids is 1. The highest BCUT2D eigenvalue weighted by molar-refractivity contribution is 5.79. The molecule has 1 spiro atoms. The van der Waals surface area contributed by atoms with Crippen molar-refractivity contribution < 1.29 is 13.9 Å². The molecule has 4 heterocycles. The Labute approximate surface area is 162 Å². The van der Waals surface area contributed by atoms with Crippen LogP contribution in [0, 0.1) is 5.82 Å². The number of imidazole rings is 1. The van der Waals surface area contributed by atoms with E-state index >= 15 is 0 Å². The maximum absolute atomic E-state index is 13.7. The van der Waals surface area contributed by atoms with Gasteiger partial charge in [0, 0.05) is 45.9 Å². The van der Waals surface area contributed by atoms with E-state index in [2.05, 4.69) is 25.3 Å². The van der Waals surface area contributed by atoms with Crippen LogP contribution in [0.25, 0.3) is 0 Å². The zero-order valence-corrected chi connectivity index (χ0v) is 16.0. The molecule has 0 aromatic carbocycles. The predicted molar refractivity (Wildman–Crippen MR) is 101 cm³/mol. The molecule has 0 atom stereocenters. The lowest BCUT2D eigenvalue weighted by molar-refractivity contribution is -0.144. The number of aromatic nitrogens is 4. The highest BCUT2D eigenvalue weighted by Crippen LogP contribution is 2.42. The zero-order valence-electron chi connectivity index (χ0n) is 16.0. The highest BCUT2D eigenvalue weighted by Gasteiger charge is 2.48. The number of nitrogens with one attached hydrogen (secondary N) is 2. The van der Waals surface area contributed by atoms with Gasteiger partial charge in [-0.15, -0.1) is 0 Å². The fourth-order valence-corrected chi connectivity index (χ4v) is 4.31. The lowest BCUT2D eigenvalue weighted by Gasteiger charge is -2.50. The van der Waals surface area contributed by atoms with Gasteiger partial charge in [-0.25, -0.2) is 14.4 Å². The van der Waals surface area contributed by atoms with Crippen LogP contribution in [-0.2, 0) is 21.5 Å². The van der Waals surface area contributed by atoms with E-state index < -0.39 is 11.4 Å². The van der Waals surface area contributed by atoms with Crippen LogP contribution in [0.15, 0.2) is 12.5 Å². The van der Waals surface area contributed by atoms with Crippen molar-refractivity contribution in [2.45, 2.75) is 24.8 Å². The van der Waals surface area contributed by atoms with Gasteiger partial charge in [0.05, 0.1) is 23.8 Å². The molecule has 9 nitrogen and oxygen atoms in total. The van der Waals surface area contributed by atoms with Gasteiger partial charge in [0.25, 0.3) is 0 Å². The van der Waals surface area contributed by atoms with Crippen molar-refractivity contribution in [3.05, 3.63) is 29.7 Å². The molecule has 28 heavy (non-hydrogen) atoms. The molecule has 1 fully saturated rings. The summed E-state index contributed by atoms with van der Waals surface area (Å²) >= 11 is 0. The molecule has 2 aliphatic heterocycles. The van der Waals surface area contributed by atoms with E-state index in [0.717, 1.165) is 17.8 Å². The summed E-state index contributed by atoms with van der Waals surface area (Å²) in [4.78, 5) is 32.9. The molecule has 0 unspecified atom stereocenters. The van der Waals surface area contributed by atoms with Crippen LogP contribution < -0.4 is 10.2 Å². The Balaban J connectivity index is 1.61. The fourth-order valence-electron chi connectivity index (χ4n) is 4.31. The molecule has 10 heteroatoms. The molecule has 2 aromatic heterocycles. The number of methoxy groups -OCH3 is 1. The van der Waals surface area contributed by atoms with Crippen molar-refractivity contribution >= 4 is 17.7 Å². The van der Waals surface area contributed by atoms with Crippen molar-refractivity contribution in [3.63, 3.8) is 0 Å². The Morgan fingerprint density at radius 3 is 2.86 bits per heavy atom. The Morgan fingerprint density at radius 2 is 2.14 bits per heavy atom. The first kappa shape index (κ1) is 18.6. The lowest BCUT2D eigenvalue weighted by atomic mass is 9.78. The van der Waals surface area contributed by atoms with Crippen molar-refractivity contribution in [1.29, 1.82) is 0 Å². The maximum atomic E-state index is 13.7. The Hall–Kier alpha value is -2.75. The summed E-state index contributed by atoms with van der Waals surface area (Å²) in [7, 11) is 3.16. The number of H-pyrrole nitrogens is 1. The van der Waals surface area contributed by atoms with Crippen LogP contribution in [0.2, 0.25) is 0 Å². The lowest BCUT2D eigenvalue weighted by Crippen LogP contribution is -2.59. The number of aromatic amines is 1. The van der Waals surface area contributed by atoms with E-state index in [1.165, 1.54) is 13.3 Å². The normalized spacial score (nSPS) is 18.2. The third kappa shape index (κ3) is 2.97. The van der Waals surface area contributed by atoms with Gasteiger partial charge in [0.15, 0.2) is 11.6 Å². The molecule has 0 radical (unpaired) electrons. The standard InChI is InChI=1S/C18H24FN7O2/c1-20-16-12(19)9-21-17(24-16)25-7-4-18(5-8-25)15-13(22-11-23-15)3-6-26(18)14(27)10-28-2/h9,11H,3-8,10H2,1-2H3,(H,22,23)(H,20,21,24). The molecule has 0 bridgehead atoms. The zero-order chi connectivity index (χ0) is 19.7. The predicted octanol–water partition coefficient (Wildman–Crippen LogP) is 0.907. The minimum absolute atomic E-state index is 0.0277. The maximum Gasteiger partial charge on any atom is 0.249 e. The molecule has 0 aliphatic carbocycles. The second kappa shape index (κ2) is 7.34. The second-order valence-corrected chi connectivity index (χ2v) is 7.09. The fraction of sp³-hybridized carbons (Fsp3) is 0.556. The van der Waals surface area contributed by atoms with Crippen LogP contribution >= 0.6 is 0 Å². The highest BCUT2D eigenvalue weighted by atomic mass is 19.1. The molecule has 4 rings (SSSR count). The number of carbonyl (C=O) groups is 1. The number of ether oxygens (including phenoxy) is 1. The summed E-state index contributed by atoms with van der Waals surface area (Å²) < 4.78 is 18.8. The Kier molecular flexibility index (Phi) is 4.88. The van der Waals surface area contributed by atoms with Gasteiger partial charge in [-0.05, 0) is 12.8 Å². The van der Waals surface area contributed by atoms with E-state index in [0.29, 0.717) is 38.4 Å². The van der Waals surface area contributed by atoms with Crippen molar-refractivity contribution in [3.8, 4) is 0 Å². The van der Waals surface area contributed by atoms with E-state index in [-0.39, 0.29) is 18.3 Å². The van der Waals surface area contributed by atoms with E-state index in [1.54, 1.807) is 13.4 Å². The summed E-state index contributed by atoms with van der Waals surface area (Å²) in [6.45, 7) is 1.96. The summed E-state index contributed by atoms with van der Waals surface area (Å²) in [6.07, 6.45) is 5.01. The van der Waals surface area contributed by atoms with E-state index in [9.17, 15) is 9.18 Å². The molecular weight excluding hydrogens is 365 g/mol. The van der Waals surface area contributed by atoms with E-state index in [4.69, 9.17) is 4.74 Å². The van der Waals surface area contributed by atoms with Crippen molar-refractivity contribution in [2.75, 3.05) is 50.6 Å². The van der Waals surface area contributed by atoms with Gasteiger partial charge in [0.1, 0.15) is 6.61 Å². The molecule has 1 amide bonds. The van der Waals surface area contributed by atoms with Gasteiger partial charge in [0.2, 0.25) is 11.9 Å². The number of hydrogen-bond donors (Lipinski definition) is 2. The molecule has 2 aliphatic rings. The first-order valence-electron chi connectivity index (χ1n) is 9.36. The van der Waals surface area contributed by atoms with Crippen LogP contribution in [0.3, 0.4) is 0 Å². The number of amides is 1. The molecule has 150 valence electrons. The topological polar surface area (TPSA) is 99.3 Å². The Bertz CT molecular complexity index is 863. The van der Waals surface area contributed by atoms with E-state index in [1.807, 2.05) is 9.80 Å². The van der Waals surface area contributed by atoms with Crippen LogP contribution in [0.1, 0.15) is 24.2 Å². The SMILES string of the molecule is CNc1nc(N2CCC3(CC2)c2nc[nH]c2CCN3C(=O)COC)ncc1F. The number of halogens is 1. The first-order valence-corrected chi connectivity index (χ1v) is 9.36. The number of hydrogen-bond acceptors (Lipinski definition) is 7. The first-order chi connectivity index (χ1) is 13.6. The number of piperidine rings is 1. The monoisotopic (exact) mass is 389 g/mol. The minimum atomic E-state index is -0.482. The van der Waals surface area contributed by atoms with Crippen molar-refractivity contribution in [1.82, 2.24) is 24.8 Å². The Morgan fingerprint density at radius 1 is 1.36 bits per heavy atom. The number of nitrogens with zero attached hydrogens (tertiary/aromatic N) is 5. The molecule has 2 N–H and O–H groups in total. The van der Waals surface area contributed by atoms with Crippen molar-refractivity contribution in [2.24, 2.45) is 0 Å². The average molecular weight is 389 g/mol. The van der Waals surface area contributed by atoms with Gasteiger partial charge in [-0.2, -0.15) is 4.98 Å². The molecule has 1 saturated heterocycles. The van der Waals surface area contributed by atoms with Gasteiger partial charge < -0.3 is 24.8 Å².